The van der Waals surface area contributed by atoms with Gasteiger partial charge in [0.1, 0.15) is 17.4 Å². The molecule has 25 heavy (non-hydrogen) atoms. The number of aliphatic imine (C=N–C) groups is 2. The van der Waals surface area contributed by atoms with Gasteiger partial charge in [0.25, 0.3) is 0 Å². The smallest absolute Gasteiger partial charge is 0.137 e. The highest BCUT2D eigenvalue weighted by atomic mass is 16.3. The first-order valence-electron chi connectivity index (χ1n) is 8.33. The van der Waals surface area contributed by atoms with Crippen molar-refractivity contribution in [2.45, 2.75) is 19.8 Å². The maximum absolute atomic E-state index is 9.90. The minimum absolute atomic E-state index is 0.187. The number of nitrogens with zero attached hydrogens (tertiary/aromatic N) is 3. The molecule has 1 aromatic carbocycles. The molecule has 0 atom stereocenters. The molecule has 0 fully saturated rings. The van der Waals surface area contributed by atoms with E-state index in [1.165, 1.54) is 0 Å². The summed E-state index contributed by atoms with van der Waals surface area (Å²) in [5.41, 5.74) is 9.42. The molecule has 0 saturated heterocycles. The maximum Gasteiger partial charge on any atom is 0.137 e. The van der Waals surface area contributed by atoms with Crippen molar-refractivity contribution in [1.82, 2.24) is 4.98 Å². The van der Waals surface area contributed by atoms with Crippen LogP contribution in [0.25, 0.3) is 11.1 Å². The highest BCUT2D eigenvalue weighted by Gasteiger charge is 2.18. The first-order chi connectivity index (χ1) is 12.1. The number of aromatic nitrogens is 1. The van der Waals surface area contributed by atoms with E-state index in [4.69, 9.17) is 5.73 Å². The Morgan fingerprint density at radius 1 is 1.20 bits per heavy atom. The number of nitrogens with one attached hydrogen (secondary N) is 1. The van der Waals surface area contributed by atoms with Gasteiger partial charge in [0.2, 0.25) is 0 Å². The van der Waals surface area contributed by atoms with E-state index in [1.807, 2.05) is 6.07 Å². The summed E-state index contributed by atoms with van der Waals surface area (Å²) in [7, 11) is 3.40. The van der Waals surface area contributed by atoms with Crippen molar-refractivity contribution in [1.29, 1.82) is 0 Å². The van der Waals surface area contributed by atoms with Gasteiger partial charge < -0.3 is 16.2 Å². The zero-order chi connectivity index (χ0) is 18.2. The summed E-state index contributed by atoms with van der Waals surface area (Å²) in [4.78, 5) is 12.8. The molecule has 2 aromatic rings. The predicted molar refractivity (Wildman–Crippen MR) is 106 cm³/mol. The van der Waals surface area contributed by atoms with E-state index in [0.717, 1.165) is 36.1 Å². The van der Waals surface area contributed by atoms with Crippen LogP contribution in [0.4, 0.5) is 11.6 Å². The van der Waals surface area contributed by atoms with E-state index >= 15 is 0 Å². The number of phenolic OH excluding ortho intramolecular Hbond substituents is 1. The summed E-state index contributed by atoms with van der Waals surface area (Å²) >= 11 is 0. The maximum atomic E-state index is 9.90. The van der Waals surface area contributed by atoms with Crippen molar-refractivity contribution in [2.24, 2.45) is 9.98 Å². The molecule has 2 rings (SSSR count). The zero-order valence-electron chi connectivity index (χ0n) is 15.0. The van der Waals surface area contributed by atoms with Gasteiger partial charge in [-0.25, -0.2) is 4.98 Å². The molecule has 0 aliphatic heterocycles. The van der Waals surface area contributed by atoms with E-state index in [1.54, 1.807) is 44.7 Å². The van der Waals surface area contributed by atoms with Crippen molar-refractivity contribution in [3.05, 3.63) is 35.4 Å². The second kappa shape index (κ2) is 8.82. The molecule has 0 spiro atoms. The van der Waals surface area contributed by atoms with Crippen molar-refractivity contribution in [3.8, 4) is 16.9 Å². The average Bonchev–Trinajstić information content (AvgIpc) is 2.59. The van der Waals surface area contributed by atoms with Crippen LogP contribution in [0, 0.1) is 0 Å². The lowest BCUT2D eigenvalue weighted by molar-refractivity contribution is 0.475. The van der Waals surface area contributed by atoms with Crippen LogP contribution in [0.5, 0.6) is 5.75 Å². The summed E-state index contributed by atoms with van der Waals surface area (Å²) in [5.74, 6) is 1.26. The molecule has 0 aliphatic carbocycles. The highest BCUT2D eigenvalue weighted by molar-refractivity contribution is 6.05. The topological polar surface area (TPSA) is 95.9 Å². The first-order valence-corrected chi connectivity index (χ1v) is 8.33. The molecule has 1 heterocycles. The Labute approximate surface area is 148 Å². The number of phenols is 1. The molecule has 0 radical (unpaired) electrons. The van der Waals surface area contributed by atoms with Crippen molar-refractivity contribution < 1.29 is 5.11 Å². The van der Waals surface area contributed by atoms with Gasteiger partial charge in [0.05, 0.1) is 0 Å². The number of anilines is 2. The summed E-state index contributed by atoms with van der Waals surface area (Å²) in [6.45, 7) is 2.94. The van der Waals surface area contributed by atoms with E-state index in [0.29, 0.717) is 17.2 Å². The Morgan fingerprint density at radius 2 is 1.92 bits per heavy atom. The second-order valence-electron chi connectivity index (χ2n) is 5.65. The molecule has 0 bridgehead atoms. The summed E-state index contributed by atoms with van der Waals surface area (Å²) in [6, 6.07) is 7.05. The third-order valence-corrected chi connectivity index (χ3v) is 3.78. The largest absolute Gasteiger partial charge is 0.508 e. The molecule has 0 saturated carbocycles. The van der Waals surface area contributed by atoms with Crippen LogP contribution in [0.1, 0.15) is 30.9 Å². The predicted octanol–water partition coefficient (Wildman–Crippen LogP) is 3.35. The molecule has 6 nitrogen and oxygen atoms in total. The first kappa shape index (κ1) is 18.4. The Bertz CT molecular complexity index is 784. The fourth-order valence-electron chi connectivity index (χ4n) is 2.64. The lowest BCUT2D eigenvalue weighted by Crippen LogP contribution is -2.12. The third kappa shape index (κ3) is 4.35. The van der Waals surface area contributed by atoms with Gasteiger partial charge in [-0.1, -0.05) is 25.5 Å². The molecular weight excluding hydrogens is 314 g/mol. The molecule has 0 unspecified atom stereocenters. The lowest BCUT2D eigenvalue weighted by Gasteiger charge is -2.17. The van der Waals surface area contributed by atoms with Gasteiger partial charge in [0, 0.05) is 49.8 Å². The van der Waals surface area contributed by atoms with E-state index < -0.39 is 0 Å². The SMILES string of the molecule is CCCCNc1nc(N)c(C=NC)c(-c2cccc(O)c2)c1C=NC. The minimum atomic E-state index is 0.187. The monoisotopic (exact) mass is 339 g/mol. The normalized spacial score (nSPS) is 11.5. The number of unbranched alkanes of at least 4 members (excludes halogenated alkanes) is 1. The Morgan fingerprint density at radius 3 is 2.56 bits per heavy atom. The Balaban J connectivity index is 2.73. The number of aromatic hydroxyl groups is 1. The van der Waals surface area contributed by atoms with Crippen LogP contribution in [0.3, 0.4) is 0 Å². The van der Waals surface area contributed by atoms with E-state index in [-0.39, 0.29) is 5.75 Å². The van der Waals surface area contributed by atoms with Gasteiger partial charge in [-0.15, -0.1) is 0 Å². The minimum Gasteiger partial charge on any atom is -0.508 e. The number of hydrogen-bond acceptors (Lipinski definition) is 6. The fourth-order valence-corrected chi connectivity index (χ4v) is 2.64. The van der Waals surface area contributed by atoms with Gasteiger partial charge >= 0.3 is 0 Å². The quantitative estimate of drug-likeness (QED) is 0.532. The Kier molecular flexibility index (Phi) is 6.51. The Hall–Kier alpha value is -2.89. The molecule has 6 heteroatoms. The second-order valence-corrected chi connectivity index (χ2v) is 5.65. The van der Waals surface area contributed by atoms with Crippen molar-refractivity contribution in [2.75, 3.05) is 31.7 Å². The van der Waals surface area contributed by atoms with Crippen LogP contribution in [0.15, 0.2) is 34.3 Å². The van der Waals surface area contributed by atoms with Gasteiger partial charge in [-0.3, -0.25) is 9.98 Å². The number of rotatable bonds is 7. The molecule has 0 aliphatic rings. The zero-order valence-corrected chi connectivity index (χ0v) is 15.0. The summed E-state index contributed by atoms with van der Waals surface area (Å²) < 4.78 is 0. The van der Waals surface area contributed by atoms with E-state index in [2.05, 4.69) is 27.2 Å². The number of nitrogen functional groups attached to an aromatic ring is 1. The van der Waals surface area contributed by atoms with Gasteiger partial charge in [0.15, 0.2) is 0 Å². The van der Waals surface area contributed by atoms with Crippen molar-refractivity contribution >= 4 is 24.1 Å². The standard InChI is InChI=1S/C19H25N5O/c1-4-5-9-23-19-16(12-22-3)17(13-7-6-8-14(25)10-13)15(11-21-2)18(20)24-19/h6-8,10-12,25H,4-5,9H2,1-3H3,(H3,20,23,24). The third-order valence-electron chi connectivity index (χ3n) is 3.78. The van der Waals surface area contributed by atoms with Crippen LogP contribution in [-0.2, 0) is 0 Å². The molecule has 1 aromatic heterocycles. The molecular formula is C19H25N5O. The molecule has 4 N–H and O–H groups in total. The van der Waals surface area contributed by atoms with Crippen LogP contribution in [-0.4, -0.2) is 43.2 Å². The number of hydrogen-bond donors (Lipinski definition) is 3. The molecule has 132 valence electrons. The van der Waals surface area contributed by atoms with E-state index in [9.17, 15) is 5.11 Å². The van der Waals surface area contributed by atoms with Crippen LogP contribution in [0.2, 0.25) is 0 Å². The average molecular weight is 339 g/mol. The summed E-state index contributed by atoms with van der Waals surface area (Å²) in [5, 5.41) is 13.2. The van der Waals surface area contributed by atoms with Gasteiger partial charge in [-0.05, 0) is 24.1 Å². The fraction of sp³-hybridized carbons (Fsp3) is 0.316. The highest BCUT2D eigenvalue weighted by Crippen LogP contribution is 2.34. The van der Waals surface area contributed by atoms with Crippen molar-refractivity contribution in [3.63, 3.8) is 0 Å². The molecule has 0 amide bonds. The van der Waals surface area contributed by atoms with Crippen LogP contribution >= 0.6 is 0 Å². The lowest BCUT2D eigenvalue weighted by atomic mass is 9.95. The number of benzene rings is 1. The van der Waals surface area contributed by atoms with Gasteiger partial charge in [-0.2, -0.15) is 0 Å². The summed E-state index contributed by atoms with van der Waals surface area (Å²) in [6.07, 6.45) is 5.56. The van der Waals surface area contributed by atoms with Crippen LogP contribution < -0.4 is 11.1 Å². The number of nitrogens with two attached hydrogens (primary N) is 1. The number of pyridine rings is 1.